The SMILES string of the molecule is CC(CBr)N(C)C(=O)Cc1cccc(F)c1F. The lowest BCUT2D eigenvalue weighted by atomic mass is 10.1. The highest BCUT2D eigenvalue weighted by molar-refractivity contribution is 9.09. The summed E-state index contributed by atoms with van der Waals surface area (Å²) in [7, 11) is 1.64. The molecule has 0 aromatic heterocycles. The van der Waals surface area contributed by atoms with Crippen molar-refractivity contribution in [2.75, 3.05) is 12.4 Å². The Morgan fingerprint density at radius 1 is 1.47 bits per heavy atom. The van der Waals surface area contributed by atoms with Gasteiger partial charge in [0.05, 0.1) is 6.42 Å². The van der Waals surface area contributed by atoms with Crippen LogP contribution in [0.5, 0.6) is 0 Å². The van der Waals surface area contributed by atoms with E-state index in [-0.39, 0.29) is 23.9 Å². The predicted molar refractivity (Wildman–Crippen MR) is 66.1 cm³/mol. The molecule has 1 amide bonds. The zero-order valence-electron chi connectivity index (χ0n) is 9.71. The fourth-order valence-electron chi connectivity index (χ4n) is 1.32. The first-order valence-corrected chi connectivity index (χ1v) is 6.34. The quantitative estimate of drug-likeness (QED) is 0.783. The Bertz CT molecular complexity index is 411. The van der Waals surface area contributed by atoms with Crippen molar-refractivity contribution in [3.05, 3.63) is 35.4 Å². The maximum atomic E-state index is 13.4. The summed E-state index contributed by atoms with van der Waals surface area (Å²) < 4.78 is 26.3. The van der Waals surface area contributed by atoms with Crippen molar-refractivity contribution in [1.29, 1.82) is 0 Å². The van der Waals surface area contributed by atoms with E-state index in [1.807, 2.05) is 6.92 Å². The van der Waals surface area contributed by atoms with Crippen LogP contribution in [-0.2, 0) is 11.2 Å². The highest BCUT2D eigenvalue weighted by atomic mass is 79.9. The third kappa shape index (κ3) is 3.49. The Labute approximate surface area is 108 Å². The molecule has 1 aromatic carbocycles. The van der Waals surface area contributed by atoms with Gasteiger partial charge in [0.15, 0.2) is 11.6 Å². The number of carbonyl (C=O) groups excluding carboxylic acids is 1. The molecule has 0 aliphatic carbocycles. The van der Waals surface area contributed by atoms with Crippen LogP contribution in [0.2, 0.25) is 0 Å². The number of nitrogens with zero attached hydrogens (tertiary/aromatic N) is 1. The maximum Gasteiger partial charge on any atom is 0.227 e. The summed E-state index contributed by atoms with van der Waals surface area (Å²) in [4.78, 5) is 13.3. The van der Waals surface area contributed by atoms with E-state index >= 15 is 0 Å². The van der Waals surface area contributed by atoms with Crippen LogP contribution in [0.4, 0.5) is 8.78 Å². The van der Waals surface area contributed by atoms with E-state index in [2.05, 4.69) is 15.9 Å². The Balaban J connectivity index is 2.78. The lowest BCUT2D eigenvalue weighted by molar-refractivity contribution is -0.130. The Kier molecular flexibility index (Phi) is 5.05. The lowest BCUT2D eigenvalue weighted by Crippen LogP contribution is -2.37. The number of amides is 1. The van der Waals surface area contributed by atoms with Crippen LogP contribution in [0.1, 0.15) is 12.5 Å². The number of rotatable bonds is 4. The molecule has 1 rings (SSSR count). The van der Waals surface area contributed by atoms with E-state index in [9.17, 15) is 13.6 Å². The van der Waals surface area contributed by atoms with Gasteiger partial charge in [-0.15, -0.1) is 0 Å². The number of benzene rings is 1. The zero-order valence-corrected chi connectivity index (χ0v) is 11.3. The Morgan fingerprint density at radius 3 is 2.71 bits per heavy atom. The van der Waals surface area contributed by atoms with Gasteiger partial charge < -0.3 is 4.90 Å². The Morgan fingerprint density at radius 2 is 2.12 bits per heavy atom. The molecule has 0 fully saturated rings. The summed E-state index contributed by atoms with van der Waals surface area (Å²) in [6.45, 7) is 1.87. The van der Waals surface area contributed by atoms with Gasteiger partial charge in [0.2, 0.25) is 5.91 Å². The predicted octanol–water partition coefficient (Wildman–Crippen LogP) is 2.75. The van der Waals surface area contributed by atoms with Gasteiger partial charge in [-0.2, -0.15) is 0 Å². The average Bonchev–Trinajstić information content (AvgIpc) is 2.32. The minimum Gasteiger partial charge on any atom is -0.342 e. The van der Waals surface area contributed by atoms with E-state index in [0.29, 0.717) is 5.33 Å². The first-order valence-electron chi connectivity index (χ1n) is 5.22. The number of alkyl halides is 1. The molecule has 0 saturated heterocycles. The van der Waals surface area contributed by atoms with Crippen LogP contribution in [-0.4, -0.2) is 29.2 Å². The minimum atomic E-state index is -0.944. The van der Waals surface area contributed by atoms with Gasteiger partial charge >= 0.3 is 0 Å². The summed E-state index contributed by atoms with van der Waals surface area (Å²) >= 11 is 3.27. The standard InChI is InChI=1S/C12H14BrF2NO/c1-8(7-13)16(2)11(17)6-9-4-3-5-10(14)12(9)15/h3-5,8H,6-7H2,1-2H3. The van der Waals surface area contributed by atoms with E-state index in [4.69, 9.17) is 0 Å². The van der Waals surface area contributed by atoms with Crippen LogP contribution in [0.25, 0.3) is 0 Å². The largest absolute Gasteiger partial charge is 0.342 e. The van der Waals surface area contributed by atoms with Crippen LogP contribution in [0.15, 0.2) is 18.2 Å². The molecule has 0 spiro atoms. The molecule has 17 heavy (non-hydrogen) atoms. The van der Waals surface area contributed by atoms with Crippen molar-refractivity contribution >= 4 is 21.8 Å². The average molecular weight is 306 g/mol. The summed E-state index contributed by atoms with van der Waals surface area (Å²) in [6, 6.07) is 3.87. The summed E-state index contributed by atoms with van der Waals surface area (Å²) in [6.07, 6.45) is -0.128. The van der Waals surface area contributed by atoms with E-state index in [0.717, 1.165) is 6.07 Å². The fourth-order valence-corrected chi connectivity index (χ4v) is 1.76. The third-order valence-corrected chi connectivity index (χ3v) is 3.59. The molecule has 94 valence electrons. The van der Waals surface area contributed by atoms with Gasteiger partial charge in [-0.1, -0.05) is 28.1 Å². The molecule has 0 radical (unpaired) electrons. The van der Waals surface area contributed by atoms with Gasteiger partial charge in [0.25, 0.3) is 0 Å². The molecular formula is C12H14BrF2NO. The topological polar surface area (TPSA) is 20.3 Å². The summed E-state index contributed by atoms with van der Waals surface area (Å²) in [5, 5.41) is 0.640. The molecule has 1 aromatic rings. The molecule has 1 unspecified atom stereocenters. The van der Waals surface area contributed by atoms with Crippen molar-refractivity contribution in [2.45, 2.75) is 19.4 Å². The van der Waals surface area contributed by atoms with E-state index in [1.54, 1.807) is 7.05 Å². The molecule has 2 nitrogen and oxygen atoms in total. The van der Waals surface area contributed by atoms with Crippen molar-refractivity contribution < 1.29 is 13.6 Å². The second-order valence-corrected chi connectivity index (χ2v) is 4.55. The number of hydrogen-bond acceptors (Lipinski definition) is 1. The molecule has 0 bridgehead atoms. The number of carbonyl (C=O) groups is 1. The van der Waals surface area contributed by atoms with Gasteiger partial charge in [-0.25, -0.2) is 8.78 Å². The summed E-state index contributed by atoms with van der Waals surface area (Å²) in [5.41, 5.74) is 0.0867. The smallest absolute Gasteiger partial charge is 0.227 e. The third-order valence-electron chi connectivity index (χ3n) is 2.65. The van der Waals surface area contributed by atoms with Crippen LogP contribution < -0.4 is 0 Å². The molecule has 0 saturated carbocycles. The molecule has 1 atom stereocenters. The van der Waals surface area contributed by atoms with Crippen LogP contribution >= 0.6 is 15.9 Å². The number of halogens is 3. The Hall–Kier alpha value is -0.970. The first kappa shape index (κ1) is 14.1. The van der Waals surface area contributed by atoms with Crippen molar-refractivity contribution in [1.82, 2.24) is 4.90 Å². The highest BCUT2D eigenvalue weighted by Gasteiger charge is 2.17. The minimum absolute atomic E-state index is 0.0131. The van der Waals surface area contributed by atoms with Gasteiger partial charge in [0.1, 0.15) is 0 Å². The lowest BCUT2D eigenvalue weighted by Gasteiger charge is -2.23. The van der Waals surface area contributed by atoms with Crippen molar-refractivity contribution in [2.24, 2.45) is 0 Å². The normalized spacial score (nSPS) is 12.3. The van der Waals surface area contributed by atoms with Gasteiger partial charge in [0, 0.05) is 24.0 Å². The van der Waals surface area contributed by atoms with Gasteiger partial charge in [-0.3, -0.25) is 4.79 Å². The molecule has 0 heterocycles. The van der Waals surface area contributed by atoms with E-state index in [1.165, 1.54) is 17.0 Å². The first-order chi connectivity index (χ1) is 7.97. The monoisotopic (exact) mass is 305 g/mol. The molecule has 0 aliphatic rings. The molecular weight excluding hydrogens is 292 g/mol. The van der Waals surface area contributed by atoms with Crippen LogP contribution in [0.3, 0.4) is 0 Å². The molecule has 0 aliphatic heterocycles. The summed E-state index contributed by atoms with van der Waals surface area (Å²) in [5.74, 6) is -2.10. The zero-order chi connectivity index (χ0) is 13.0. The molecule has 5 heteroatoms. The fraction of sp³-hybridized carbons (Fsp3) is 0.417. The van der Waals surface area contributed by atoms with Gasteiger partial charge in [-0.05, 0) is 13.0 Å². The molecule has 0 N–H and O–H groups in total. The van der Waals surface area contributed by atoms with Crippen molar-refractivity contribution in [3.8, 4) is 0 Å². The number of likely N-dealkylation sites (N-methyl/N-ethyl adjacent to an activating group) is 1. The van der Waals surface area contributed by atoms with E-state index < -0.39 is 11.6 Å². The van der Waals surface area contributed by atoms with Crippen molar-refractivity contribution in [3.63, 3.8) is 0 Å². The second kappa shape index (κ2) is 6.10. The highest BCUT2D eigenvalue weighted by Crippen LogP contribution is 2.13. The maximum absolute atomic E-state index is 13.4. The number of hydrogen-bond donors (Lipinski definition) is 0. The van der Waals surface area contributed by atoms with Crippen LogP contribution in [0, 0.1) is 11.6 Å². The second-order valence-electron chi connectivity index (χ2n) is 3.90.